The van der Waals surface area contributed by atoms with E-state index < -0.39 is 5.97 Å². The van der Waals surface area contributed by atoms with Crippen LogP contribution in [0.15, 0.2) is 43.3 Å². The first kappa shape index (κ1) is 18.9. The van der Waals surface area contributed by atoms with Crippen LogP contribution < -0.4 is 4.90 Å². The molecule has 1 aromatic rings. The molecule has 25 heavy (non-hydrogen) atoms. The number of aliphatic carboxylic acids is 1. The van der Waals surface area contributed by atoms with Crippen LogP contribution in [-0.4, -0.2) is 59.2 Å². The highest BCUT2D eigenvalue weighted by Gasteiger charge is 2.15. The van der Waals surface area contributed by atoms with Crippen molar-refractivity contribution >= 4 is 17.4 Å². The average molecular weight is 342 g/mol. The minimum Gasteiger partial charge on any atom is -0.481 e. The monoisotopic (exact) mass is 342 g/mol. The lowest BCUT2D eigenvalue weighted by Crippen LogP contribution is -2.29. The normalized spacial score (nSPS) is 16.4. The molecule has 1 aliphatic heterocycles. The van der Waals surface area contributed by atoms with Crippen molar-refractivity contribution in [3.8, 4) is 0 Å². The van der Waals surface area contributed by atoms with Gasteiger partial charge in [-0.25, -0.2) is 4.98 Å². The summed E-state index contributed by atoms with van der Waals surface area (Å²) < 4.78 is 0. The molecule has 2 heterocycles. The van der Waals surface area contributed by atoms with Gasteiger partial charge in [0, 0.05) is 31.6 Å². The van der Waals surface area contributed by atoms with E-state index in [0.717, 1.165) is 55.3 Å². The van der Waals surface area contributed by atoms with Gasteiger partial charge in [-0.05, 0) is 26.4 Å². The largest absolute Gasteiger partial charge is 0.481 e. The first-order valence-corrected chi connectivity index (χ1v) is 8.49. The van der Waals surface area contributed by atoms with Crippen LogP contribution in [0.4, 0.5) is 5.82 Å². The van der Waals surface area contributed by atoms with Gasteiger partial charge in [0.2, 0.25) is 0 Å². The number of aromatic nitrogens is 2. The number of likely N-dealkylation sites (N-methyl/N-ethyl adjacent to an activating group) is 1. The summed E-state index contributed by atoms with van der Waals surface area (Å²) in [5.41, 5.74) is 2.26. The summed E-state index contributed by atoms with van der Waals surface area (Å²) in [5, 5.41) is 8.78. The topological polar surface area (TPSA) is 69.6 Å². The van der Waals surface area contributed by atoms with Crippen LogP contribution in [0.3, 0.4) is 0 Å². The van der Waals surface area contributed by atoms with Crippen molar-refractivity contribution in [3.05, 3.63) is 49.0 Å². The molecular weight excluding hydrogens is 316 g/mol. The van der Waals surface area contributed by atoms with Gasteiger partial charge in [-0.1, -0.05) is 30.9 Å². The molecule has 0 amide bonds. The molecule has 0 bridgehead atoms. The summed E-state index contributed by atoms with van der Waals surface area (Å²) in [6, 6.07) is 0. The Labute approximate surface area is 149 Å². The Hall–Kier alpha value is -2.47. The molecule has 6 heteroatoms. The molecule has 0 saturated carbocycles. The van der Waals surface area contributed by atoms with Gasteiger partial charge in [0.1, 0.15) is 5.82 Å². The third-order valence-electron chi connectivity index (χ3n) is 4.20. The summed E-state index contributed by atoms with van der Waals surface area (Å²) in [7, 11) is 2.13. The Morgan fingerprint density at radius 3 is 2.80 bits per heavy atom. The van der Waals surface area contributed by atoms with Gasteiger partial charge in [0.25, 0.3) is 0 Å². The maximum Gasteiger partial charge on any atom is 0.303 e. The third kappa shape index (κ3) is 5.83. The lowest BCUT2D eigenvalue weighted by Gasteiger charge is -2.21. The van der Waals surface area contributed by atoms with E-state index >= 15 is 0 Å². The first-order chi connectivity index (χ1) is 12.0. The van der Waals surface area contributed by atoms with Crippen molar-refractivity contribution in [2.75, 3.05) is 38.1 Å². The zero-order chi connectivity index (χ0) is 18.2. The van der Waals surface area contributed by atoms with E-state index in [2.05, 4.69) is 35.0 Å². The van der Waals surface area contributed by atoms with E-state index in [1.807, 2.05) is 6.08 Å². The van der Waals surface area contributed by atoms with Gasteiger partial charge < -0.3 is 14.9 Å². The molecule has 1 saturated heterocycles. The Balaban J connectivity index is 2.16. The molecule has 0 aliphatic carbocycles. The van der Waals surface area contributed by atoms with E-state index in [1.165, 1.54) is 0 Å². The Morgan fingerprint density at radius 1 is 1.28 bits per heavy atom. The molecule has 0 radical (unpaired) electrons. The molecule has 2 rings (SSSR count). The summed E-state index contributed by atoms with van der Waals surface area (Å²) in [5.74, 6) is 0.0271. The number of rotatable bonds is 7. The van der Waals surface area contributed by atoms with Crippen molar-refractivity contribution in [1.29, 1.82) is 0 Å². The van der Waals surface area contributed by atoms with Gasteiger partial charge in [0.15, 0.2) is 0 Å². The fourth-order valence-electron chi connectivity index (χ4n) is 2.72. The Morgan fingerprint density at radius 2 is 2.08 bits per heavy atom. The van der Waals surface area contributed by atoms with Crippen molar-refractivity contribution in [2.45, 2.75) is 19.3 Å². The molecule has 6 nitrogen and oxygen atoms in total. The molecule has 1 aliphatic rings. The highest BCUT2D eigenvalue weighted by atomic mass is 16.4. The van der Waals surface area contributed by atoms with Crippen LogP contribution in [0, 0.1) is 0 Å². The standard InChI is InChI=1S/C19H26N4O2/c1-4-16(12-15(2)6-7-19(24)25)17-13-20-14-18(21-17)23-9-5-8-22(3)10-11-23/h4,12-14H,1-2,5-11H2,3H3,(H,24,25)/b16-12+. The molecule has 0 unspecified atom stereocenters. The number of carbonyl (C=O) groups is 1. The lowest BCUT2D eigenvalue weighted by atomic mass is 10.1. The SMILES string of the molecule is C=C/C(=C\C(=C)CCC(=O)O)c1cncc(N2CCCN(C)CC2)n1. The number of hydrogen-bond acceptors (Lipinski definition) is 5. The summed E-state index contributed by atoms with van der Waals surface area (Å²) in [4.78, 5) is 24.3. The van der Waals surface area contributed by atoms with Gasteiger partial charge in [-0.15, -0.1) is 0 Å². The zero-order valence-corrected chi connectivity index (χ0v) is 14.8. The second-order valence-electron chi connectivity index (χ2n) is 6.26. The summed E-state index contributed by atoms with van der Waals surface area (Å²) in [6.45, 7) is 11.7. The summed E-state index contributed by atoms with van der Waals surface area (Å²) >= 11 is 0. The van der Waals surface area contributed by atoms with E-state index in [9.17, 15) is 4.79 Å². The Bertz CT molecular complexity index is 669. The van der Waals surface area contributed by atoms with Crippen molar-refractivity contribution in [2.24, 2.45) is 0 Å². The minimum absolute atomic E-state index is 0.0623. The molecule has 1 aromatic heterocycles. The minimum atomic E-state index is -0.831. The number of carboxylic acid groups (broad SMARTS) is 1. The number of anilines is 1. The molecule has 0 aromatic carbocycles. The van der Waals surface area contributed by atoms with Crippen molar-refractivity contribution in [1.82, 2.24) is 14.9 Å². The maximum atomic E-state index is 10.7. The number of hydrogen-bond donors (Lipinski definition) is 1. The lowest BCUT2D eigenvalue weighted by molar-refractivity contribution is -0.136. The smallest absolute Gasteiger partial charge is 0.303 e. The van der Waals surface area contributed by atoms with E-state index in [1.54, 1.807) is 18.5 Å². The maximum absolute atomic E-state index is 10.7. The fraction of sp³-hybridized carbons (Fsp3) is 0.421. The van der Waals surface area contributed by atoms with Crippen LogP contribution in [0.1, 0.15) is 25.0 Å². The molecule has 0 spiro atoms. The highest BCUT2D eigenvalue weighted by molar-refractivity contribution is 5.74. The van der Waals surface area contributed by atoms with Gasteiger partial charge >= 0.3 is 5.97 Å². The van der Waals surface area contributed by atoms with Gasteiger partial charge in [-0.2, -0.15) is 0 Å². The van der Waals surface area contributed by atoms with Crippen LogP contribution in [0.5, 0.6) is 0 Å². The molecule has 1 fully saturated rings. The second-order valence-corrected chi connectivity index (χ2v) is 6.26. The molecule has 0 atom stereocenters. The van der Waals surface area contributed by atoms with Gasteiger partial charge in [0.05, 0.1) is 18.1 Å². The van der Waals surface area contributed by atoms with E-state index in [-0.39, 0.29) is 6.42 Å². The molecule has 1 N–H and O–H groups in total. The van der Waals surface area contributed by atoms with Crippen molar-refractivity contribution < 1.29 is 9.90 Å². The second kappa shape index (κ2) is 9.13. The van der Waals surface area contributed by atoms with Crippen LogP contribution in [0.2, 0.25) is 0 Å². The fourth-order valence-corrected chi connectivity index (χ4v) is 2.72. The number of nitrogens with zero attached hydrogens (tertiary/aromatic N) is 4. The zero-order valence-electron chi connectivity index (χ0n) is 14.8. The van der Waals surface area contributed by atoms with Crippen LogP contribution in [0.25, 0.3) is 5.57 Å². The average Bonchev–Trinajstić information content (AvgIpc) is 2.82. The third-order valence-corrected chi connectivity index (χ3v) is 4.20. The highest BCUT2D eigenvalue weighted by Crippen LogP contribution is 2.20. The predicted octanol–water partition coefficient (Wildman–Crippen LogP) is 2.61. The summed E-state index contributed by atoms with van der Waals surface area (Å²) in [6.07, 6.45) is 8.58. The van der Waals surface area contributed by atoms with E-state index in [0.29, 0.717) is 6.42 Å². The quantitative estimate of drug-likeness (QED) is 0.768. The predicted molar refractivity (Wildman–Crippen MR) is 101 cm³/mol. The molecular formula is C19H26N4O2. The molecule has 134 valence electrons. The number of allylic oxidation sites excluding steroid dienone is 4. The Kier molecular flexibility index (Phi) is 6.89. The van der Waals surface area contributed by atoms with Crippen LogP contribution >= 0.6 is 0 Å². The van der Waals surface area contributed by atoms with E-state index in [4.69, 9.17) is 10.1 Å². The first-order valence-electron chi connectivity index (χ1n) is 8.49. The van der Waals surface area contributed by atoms with Crippen molar-refractivity contribution in [3.63, 3.8) is 0 Å². The number of carboxylic acids is 1. The van der Waals surface area contributed by atoms with Gasteiger partial charge in [-0.3, -0.25) is 9.78 Å². The van der Waals surface area contributed by atoms with Crippen LogP contribution in [-0.2, 0) is 4.79 Å².